The molecule has 0 unspecified atom stereocenters. The Bertz CT molecular complexity index is 782. The van der Waals surface area contributed by atoms with Crippen molar-refractivity contribution in [2.75, 3.05) is 31.1 Å². The van der Waals surface area contributed by atoms with E-state index in [1.807, 2.05) is 48.8 Å². The number of hydrogen-bond donors (Lipinski definition) is 0. The van der Waals surface area contributed by atoms with Gasteiger partial charge >= 0.3 is 0 Å². The first-order chi connectivity index (χ1) is 11.4. The van der Waals surface area contributed by atoms with E-state index in [0.29, 0.717) is 0 Å². The number of para-hydroxylation sites is 2. The van der Waals surface area contributed by atoms with Gasteiger partial charge in [0.25, 0.3) is 0 Å². The molecule has 5 nitrogen and oxygen atoms in total. The van der Waals surface area contributed by atoms with Crippen molar-refractivity contribution in [3.63, 3.8) is 0 Å². The smallest absolute Gasteiger partial charge is 0.147 e. The van der Waals surface area contributed by atoms with Crippen LogP contribution in [0.3, 0.4) is 0 Å². The lowest BCUT2D eigenvalue weighted by molar-refractivity contribution is 0.246. The van der Waals surface area contributed by atoms with Crippen LogP contribution in [0.15, 0.2) is 54.9 Å². The van der Waals surface area contributed by atoms with E-state index < -0.39 is 0 Å². The molecule has 23 heavy (non-hydrogen) atoms. The minimum Gasteiger partial charge on any atom is -0.353 e. The van der Waals surface area contributed by atoms with E-state index in [1.165, 1.54) is 0 Å². The molecule has 1 saturated heterocycles. The monoisotopic (exact) mass is 305 g/mol. The molecule has 0 spiro atoms. The van der Waals surface area contributed by atoms with Gasteiger partial charge in [-0.3, -0.25) is 14.9 Å². The molecule has 1 fully saturated rings. The summed E-state index contributed by atoms with van der Waals surface area (Å²) in [5.41, 5.74) is 3.04. The highest BCUT2D eigenvalue weighted by molar-refractivity contribution is 5.75. The predicted molar refractivity (Wildman–Crippen MR) is 91.3 cm³/mol. The fraction of sp³-hybridized carbons (Fsp3) is 0.278. The van der Waals surface area contributed by atoms with Gasteiger partial charge in [-0.15, -0.1) is 0 Å². The van der Waals surface area contributed by atoms with Crippen molar-refractivity contribution in [2.45, 2.75) is 6.54 Å². The summed E-state index contributed by atoms with van der Waals surface area (Å²) in [6.45, 7) is 4.90. The van der Waals surface area contributed by atoms with Crippen LogP contribution in [0, 0.1) is 0 Å². The summed E-state index contributed by atoms with van der Waals surface area (Å²) in [4.78, 5) is 18.4. The van der Waals surface area contributed by atoms with Gasteiger partial charge in [0.2, 0.25) is 0 Å². The Morgan fingerprint density at radius 3 is 2.39 bits per heavy atom. The lowest BCUT2D eigenvalue weighted by Crippen LogP contribution is -2.46. The summed E-state index contributed by atoms with van der Waals surface area (Å²) >= 11 is 0. The quantitative estimate of drug-likeness (QED) is 0.743. The molecule has 1 aromatic carbocycles. The van der Waals surface area contributed by atoms with Gasteiger partial charge in [0.1, 0.15) is 5.82 Å². The summed E-state index contributed by atoms with van der Waals surface area (Å²) in [7, 11) is 0. The molecule has 116 valence electrons. The fourth-order valence-electron chi connectivity index (χ4n) is 2.96. The van der Waals surface area contributed by atoms with E-state index >= 15 is 0 Å². The topological polar surface area (TPSA) is 45.2 Å². The molecule has 1 aliphatic rings. The zero-order valence-corrected chi connectivity index (χ0v) is 13.0. The molecule has 0 N–H and O–H groups in total. The minimum atomic E-state index is 0.915. The lowest BCUT2D eigenvalue weighted by atomic mass is 10.2. The summed E-state index contributed by atoms with van der Waals surface area (Å²) in [5.74, 6) is 0.973. The normalized spacial score (nSPS) is 15.9. The van der Waals surface area contributed by atoms with E-state index in [9.17, 15) is 0 Å². The van der Waals surface area contributed by atoms with Crippen LogP contribution in [0.5, 0.6) is 0 Å². The van der Waals surface area contributed by atoms with E-state index in [-0.39, 0.29) is 0 Å². The fourth-order valence-corrected chi connectivity index (χ4v) is 2.96. The number of nitrogens with zero attached hydrogens (tertiary/aromatic N) is 5. The molecular weight excluding hydrogens is 286 g/mol. The highest BCUT2D eigenvalue weighted by Crippen LogP contribution is 2.17. The van der Waals surface area contributed by atoms with Gasteiger partial charge in [-0.25, -0.2) is 4.98 Å². The summed E-state index contributed by atoms with van der Waals surface area (Å²) in [6.07, 6.45) is 3.74. The molecule has 0 aliphatic carbocycles. The van der Waals surface area contributed by atoms with Gasteiger partial charge < -0.3 is 4.90 Å². The van der Waals surface area contributed by atoms with Crippen molar-refractivity contribution in [3.05, 3.63) is 60.6 Å². The van der Waals surface area contributed by atoms with Crippen LogP contribution in [0.1, 0.15) is 5.69 Å². The molecule has 1 aliphatic heterocycles. The second-order valence-corrected chi connectivity index (χ2v) is 5.80. The first kappa shape index (κ1) is 14.1. The van der Waals surface area contributed by atoms with Crippen LogP contribution in [-0.2, 0) is 6.54 Å². The number of pyridine rings is 1. The van der Waals surface area contributed by atoms with Crippen molar-refractivity contribution in [2.24, 2.45) is 0 Å². The van der Waals surface area contributed by atoms with Crippen LogP contribution in [0.25, 0.3) is 11.0 Å². The standard InChI is InChI=1S/C18H19N5/c1-2-7-17-16(6-1)20-13-18(21-17)23-11-9-22(10-12-23)14-15-5-3-4-8-19-15/h1-8,13H,9-12,14H2. The van der Waals surface area contributed by atoms with Crippen molar-refractivity contribution >= 4 is 16.9 Å². The van der Waals surface area contributed by atoms with E-state index in [2.05, 4.69) is 25.8 Å². The van der Waals surface area contributed by atoms with Crippen LogP contribution in [0.2, 0.25) is 0 Å². The lowest BCUT2D eigenvalue weighted by Gasteiger charge is -2.35. The van der Waals surface area contributed by atoms with Crippen molar-refractivity contribution in [3.8, 4) is 0 Å². The van der Waals surface area contributed by atoms with Crippen molar-refractivity contribution in [1.82, 2.24) is 19.9 Å². The van der Waals surface area contributed by atoms with Crippen LogP contribution >= 0.6 is 0 Å². The largest absolute Gasteiger partial charge is 0.353 e. The maximum absolute atomic E-state index is 4.74. The summed E-state index contributed by atoms with van der Waals surface area (Å²) < 4.78 is 0. The number of benzene rings is 1. The average molecular weight is 305 g/mol. The molecule has 0 radical (unpaired) electrons. The molecule has 5 heteroatoms. The molecule has 0 amide bonds. The highest BCUT2D eigenvalue weighted by atomic mass is 15.3. The van der Waals surface area contributed by atoms with Crippen molar-refractivity contribution < 1.29 is 0 Å². The van der Waals surface area contributed by atoms with Crippen LogP contribution < -0.4 is 4.90 Å². The van der Waals surface area contributed by atoms with Gasteiger partial charge in [-0.1, -0.05) is 18.2 Å². The maximum atomic E-state index is 4.74. The molecule has 2 aromatic heterocycles. The third kappa shape index (κ3) is 3.14. The van der Waals surface area contributed by atoms with Gasteiger partial charge in [-0.2, -0.15) is 0 Å². The van der Waals surface area contributed by atoms with Crippen LogP contribution in [0.4, 0.5) is 5.82 Å². The summed E-state index contributed by atoms with van der Waals surface area (Å²) in [6, 6.07) is 14.1. The second-order valence-electron chi connectivity index (χ2n) is 5.80. The Labute approximate surface area is 135 Å². The maximum Gasteiger partial charge on any atom is 0.147 e. The number of anilines is 1. The van der Waals surface area contributed by atoms with Gasteiger partial charge in [-0.05, 0) is 24.3 Å². The third-order valence-corrected chi connectivity index (χ3v) is 4.24. The zero-order chi connectivity index (χ0) is 15.5. The number of fused-ring (bicyclic) bond motifs is 1. The molecule has 4 rings (SSSR count). The summed E-state index contributed by atoms with van der Waals surface area (Å²) in [5, 5.41) is 0. The van der Waals surface area contributed by atoms with E-state index in [1.54, 1.807) is 0 Å². The first-order valence-corrected chi connectivity index (χ1v) is 7.97. The van der Waals surface area contributed by atoms with Crippen LogP contribution in [-0.4, -0.2) is 46.0 Å². The van der Waals surface area contributed by atoms with Gasteiger partial charge in [0, 0.05) is 38.9 Å². The van der Waals surface area contributed by atoms with Crippen molar-refractivity contribution in [1.29, 1.82) is 0 Å². The number of aromatic nitrogens is 3. The van der Waals surface area contributed by atoms with E-state index in [0.717, 1.165) is 55.3 Å². The Balaban J connectivity index is 1.42. The number of piperazine rings is 1. The number of hydrogen-bond acceptors (Lipinski definition) is 5. The molecule has 0 saturated carbocycles. The molecule has 0 bridgehead atoms. The Morgan fingerprint density at radius 1 is 0.826 bits per heavy atom. The zero-order valence-electron chi connectivity index (χ0n) is 13.0. The van der Waals surface area contributed by atoms with E-state index in [4.69, 9.17) is 4.98 Å². The second kappa shape index (κ2) is 6.30. The Morgan fingerprint density at radius 2 is 1.61 bits per heavy atom. The Hall–Kier alpha value is -2.53. The molecule has 3 heterocycles. The highest BCUT2D eigenvalue weighted by Gasteiger charge is 2.18. The molecule has 0 atom stereocenters. The third-order valence-electron chi connectivity index (χ3n) is 4.24. The molecule has 3 aromatic rings. The van der Waals surface area contributed by atoms with Gasteiger partial charge in [0.15, 0.2) is 0 Å². The van der Waals surface area contributed by atoms with Gasteiger partial charge in [0.05, 0.1) is 22.9 Å². The SMILES string of the molecule is c1ccc(CN2CCN(c3cnc4ccccc4n3)CC2)nc1. The first-order valence-electron chi connectivity index (χ1n) is 7.97. The molecular formula is C18H19N5. The average Bonchev–Trinajstić information content (AvgIpc) is 2.63. The Kier molecular flexibility index (Phi) is 3.86. The predicted octanol–water partition coefficient (Wildman–Crippen LogP) is 2.35. The number of rotatable bonds is 3. The minimum absolute atomic E-state index is 0.915.